The second-order valence-electron chi connectivity index (χ2n) is 8.82. The van der Waals surface area contributed by atoms with Gasteiger partial charge >= 0.3 is 5.97 Å². The van der Waals surface area contributed by atoms with Gasteiger partial charge in [0.15, 0.2) is 6.10 Å². The van der Waals surface area contributed by atoms with Gasteiger partial charge in [0.1, 0.15) is 6.10 Å². The third-order valence-electron chi connectivity index (χ3n) is 5.02. The van der Waals surface area contributed by atoms with Crippen LogP contribution in [0.2, 0.25) is 0 Å². The Morgan fingerprint density at radius 1 is 1.12 bits per heavy atom. The fourth-order valence-electron chi connectivity index (χ4n) is 3.69. The van der Waals surface area contributed by atoms with Gasteiger partial charge in [0, 0.05) is 0 Å². The predicted molar refractivity (Wildman–Crippen MR) is 101 cm³/mol. The summed E-state index contributed by atoms with van der Waals surface area (Å²) < 4.78 is 12.1. The van der Waals surface area contributed by atoms with E-state index in [2.05, 4.69) is 20.8 Å². The Morgan fingerprint density at radius 2 is 1.76 bits per heavy atom. The third kappa shape index (κ3) is 5.85. The molecule has 0 aromatic heterocycles. The number of carbonyl (C=O) groups is 1. The topological polar surface area (TPSA) is 35.5 Å². The van der Waals surface area contributed by atoms with Gasteiger partial charge in [-0.2, -0.15) is 0 Å². The van der Waals surface area contributed by atoms with E-state index in [0.29, 0.717) is 17.8 Å². The highest BCUT2D eigenvalue weighted by Crippen LogP contribution is 2.36. The van der Waals surface area contributed by atoms with E-state index >= 15 is 0 Å². The summed E-state index contributed by atoms with van der Waals surface area (Å²) in [5.74, 6) is 1.30. The van der Waals surface area contributed by atoms with Gasteiger partial charge in [0.25, 0.3) is 0 Å². The van der Waals surface area contributed by atoms with Crippen LogP contribution < -0.4 is 0 Å². The number of rotatable bonds is 5. The molecule has 0 heterocycles. The molecule has 1 aliphatic carbocycles. The average molecular weight is 347 g/mol. The predicted octanol–water partition coefficient (Wildman–Crippen LogP) is 5.55. The first kappa shape index (κ1) is 20.0. The first-order chi connectivity index (χ1) is 11.7. The lowest BCUT2D eigenvalue weighted by atomic mass is 9.75. The minimum atomic E-state index is -0.675. The van der Waals surface area contributed by atoms with Crippen LogP contribution in [0.1, 0.15) is 72.5 Å². The molecule has 4 atom stereocenters. The first-order valence-corrected chi connectivity index (χ1v) is 9.60. The van der Waals surface area contributed by atoms with Gasteiger partial charge in [-0.05, 0) is 56.9 Å². The summed E-state index contributed by atoms with van der Waals surface area (Å²) >= 11 is 0. The van der Waals surface area contributed by atoms with Gasteiger partial charge in [-0.1, -0.05) is 57.5 Å². The van der Waals surface area contributed by atoms with Crippen molar-refractivity contribution in [3.05, 3.63) is 35.9 Å². The van der Waals surface area contributed by atoms with Crippen molar-refractivity contribution in [1.82, 2.24) is 0 Å². The van der Waals surface area contributed by atoms with Crippen molar-refractivity contribution < 1.29 is 14.3 Å². The molecule has 25 heavy (non-hydrogen) atoms. The molecule has 1 aliphatic rings. The fraction of sp³-hybridized carbons (Fsp3) is 0.682. The first-order valence-electron chi connectivity index (χ1n) is 9.60. The van der Waals surface area contributed by atoms with Crippen molar-refractivity contribution in [2.45, 2.75) is 78.6 Å². The summed E-state index contributed by atoms with van der Waals surface area (Å²) in [6.45, 7) is 12.6. The number of benzene rings is 1. The van der Waals surface area contributed by atoms with Gasteiger partial charge in [-0.25, -0.2) is 4.79 Å². The average Bonchev–Trinajstić information content (AvgIpc) is 2.52. The molecule has 0 unspecified atom stereocenters. The molecule has 3 heteroatoms. The number of carbonyl (C=O) groups excluding carboxylic acids is 1. The van der Waals surface area contributed by atoms with Crippen LogP contribution in [0, 0.1) is 17.8 Å². The van der Waals surface area contributed by atoms with Crippen LogP contribution in [0.4, 0.5) is 0 Å². The third-order valence-corrected chi connectivity index (χ3v) is 5.02. The van der Waals surface area contributed by atoms with E-state index < -0.39 is 11.7 Å². The lowest BCUT2D eigenvalue weighted by Crippen LogP contribution is -2.38. The van der Waals surface area contributed by atoms with Crippen LogP contribution in [0.3, 0.4) is 0 Å². The van der Waals surface area contributed by atoms with Crippen LogP contribution >= 0.6 is 0 Å². The normalized spacial score (nSPS) is 25.6. The van der Waals surface area contributed by atoms with Crippen molar-refractivity contribution in [1.29, 1.82) is 0 Å². The molecule has 0 amide bonds. The molecule has 0 N–H and O–H groups in total. The molecule has 0 radical (unpaired) electrons. The molecule has 0 bridgehead atoms. The summed E-state index contributed by atoms with van der Waals surface area (Å²) in [7, 11) is 0. The minimum absolute atomic E-state index is 0.00830. The monoisotopic (exact) mass is 346 g/mol. The highest BCUT2D eigenvalue weighted by Gasteiger charge is 2.36. The molecule has 1 saturated carbocycles. The Hall–Kier alpha value is -1.35. The lowest BCUT2D eigenvalue weighted by Gasteiger charge is -2.37. The fourth-order valence-corrected chi connectivity index (χ4v) is 3.69. The van der Waals surface area contributed by atoms with E-state index in [9.17, 15) is 4.79 Å². The van der Waals surface area contributed by atoms with Gasteiger partial charge in [-0.3, -0.25) is 0 Å². The standard InChI is InChI=1S/C22H34O3/c1-15(2)18-13-12-16(3)14-19(18)24-21(23)20(25-22(4,5)6)17-10-8-7-9-11-17/h7-11,15-16,18-20H,12-14H2,1-6H3/t16-,18+,19-,20-/m1/s1. The summed E-state index contributed by atoms with van der Waals surface area (Å²) in [6.07, 6.45) is 2.62. The van der Waals surface area contributed by atoms with Crippen LogP contribution in [0.15, 0.2) is 30.3 Å². The van der Waals surface area contributed by atoms with E-state index in [-0.39, 0.29) is 12.1 Å². The zero-order valence-electron chi connectivity index (χ0n) is 16.6. The molecule has 2 rings (SSSR count). The molecule has 3 nitrogen and oxygen atoms in total. The summed E-state index contributed by atoms with van der Waals surface area (Å²) in [5.41, 5.74) is 0.434. The Morgan fingerprint density at radius 3 is 2.32 bits per heavy atom. The maximum Gasteiger partial charge on any atom is 0.340 e. The van der Waals surface area contributed by atoms with E-state index in [4.69, 9.17) is 9.47 Å². The van der Waals surface area contributed by atoms with Crippen LogP contribution in [0.25, 0.3) is 0 Å². The quantitative estimate of drug-likeness (QED) is 0.656. The Labute approximate surface area is 153 Å². The summed E-state index contributed by atoms with van der Waals surface area (Å²) in [4.78, 5) is 13.0. The molecule has 0 spiro atoms. The molecule has 140 valence electrons. The number of hydrogen-bond donors (Lipinski definition) is 0. The maximum atomic E-state index is 13.0. The molecular formula is C22H34O3. The van der Waals surface area contributed by atoms with Crippen LogP contribution in [-0.4, -0.2) is 17.7 Å². The van der Waals surface area contributed by atoms with Crippen molar-refractivity contribution in [2.75, 3.05) is 0 Å². The Balaban J connectivity index is 2.18. The van der Waals surface area contributed by atoms with Crippen molar-refractivity contribution in [3.63, 3.8) is 0 Å². The zero-order chi connectivity index (χ0) is 18.6. The Kier molecular flexibility index (Phi) is 6.67. The van der Waals surface area contributed by atoms with Crippen LogP contribution in [0.5, 0.6) is 0 Å². The largest absolute Gasteiger partial charge is 0.460 e. The SMILES string of the molecule is CC(C)[C@@H]1CC[C@@H](C)C[C@H]1OC(=O)[C@H](OC(C)(C)C)c1ccccc1. The van der Waals surface area contributed by atoms with Crippen LogP contribution in [-0.2, 0) is 14.3 Å². The van der Waals surface area contributed by atoms with Crippen molar-refractivity contribution in [2.24, 2.45) is 17.8 Å². The van der Waals surface area contributed by atoms with Gasteiger partial charge in [0.2, 0.25) is 0 Å². The second-order valence-corrected chi connectivity index (χ2v) is 8.82. The molecule has 0 aliphatic heterocycles. The van der Waals surface area contributed by atoms with Gasteiger partial charge in [0.05, 0.1) is 5.60 Å². The smallest absolute Gasteiger partial charge is 0.340 e. The zero-order valence-corrected chi connectivity index (χ0v) is 16.6. The molecule has 0 saturated heterocycles. The molecule has 1 aromatic carbocycles. The maximum absolute atomic E-state index is 13.0. The van der Waals surface area contributed by atoms with Crippen molar-refractivity contribution >= 4 is 5.97 Å². The summed E-state index contributed by atoms with van der Waals surface area (Å²) in [5, 5.41) is 0. The van der Waals surface area contributed by atoms with E-state index in [1.807, 2.05) is 51.1 Å². The highest BCUT2D eigenvalue weighted by molar-refractivity contribution is 5.76. The molecular weight excluding hydrogens is 312 g/mol. The second kappa shape index (κ2) is 8.35. The summed E-state index contributed by atoms with van der Waals surface area (Å²) in [6, 6.07) is 9.67. The van der Waals surface area contributed by atoms with Gasteiger partial charge in [-0.15, -0.1) is 0 Å². The number of esters is 1. The Bertz CT molecular complexity index is 544. The lowest BCUT2D eigenvalue weighted by molar-refractivity contribution is -0.178. The van der Waals surface area contributed by atoms with E-state index in [1.54, 1.807) is 0 Å². The van der Waals surface area contributed by atoms with E-state index in [1.165, 1.54) is 6.42 Å². The van der Waals surface area contributed by atoms with Crippen molar-refractivity contribution in [3.8, 4) is 0 Å². The van der Waals surface area contributed by atoms with Gasteiger partial charge < -0.3 is 9.47 Å². The molecule has 1 aromatic rings. The minimum Gasteiger partial charge on any atom is -0.460 e. The number of ether oxygens (including phenoxy) is 2. The van der Waals surface area contributed by atoms with E-state index in [0.717, 1.165) is 18.4 Å². The molecule has 1 fully saturated rings. The highest BCUT2D eigenvalue weighted by atomic mass is 16.6. The number of hydrogen-bond acceptors (Lipinski definition) is 3.